The molecule has 1 aromatic carbocycles. The van der Waals surface area contributed by atoms with Crippen LogP contribution in [0.3, 0.4) is 0 Å². The van der Waals surface area contributed by atoms with Crippen molar-refractivity contribution in [3.63, 3.8) is 0 Å². The van der Waals surface area contributed by atoms with E-state index in [4.69, 9.17) is 4.98 Å². The second-order valence-corrected chi connectivity index (χ2v) is 5.29. The van der Waals surface area contributed by atoms with E-state index in [1.807, 2.05) is 22.8 Å². The summed E-state index contributed by atoms with van der Waals surface area (Å²) >= 11 is 0. The summed E-state index contributed by atoms with van der Waals surface area (Å²) in [7, 11) is 0. The van der Waals surface area contributed by atoms with Crippen LogP contribution in [0.5, 0.6) is 0 Å². The average molecular weight is 282 g/mol. The Hall–Kier alpha value is -2.27. The molecule has 1 fully saturated rings. The van der Waals surface area contributed by atoms with Gasteiger partial charge in [0.15, 0.2) is 5.65 Å². The Kier molecular flexibility index (Phi) is 2.93. The van der Waals surface area contributed by atoms with Gasteiger partial charge in [0.1, 0.15) is 17.2 Å². The third kappa shape index (κ3) is 2.01. The SMILES string of the molecule is Fc1ccccc1-n1c(C2CCNC2)nc2cccnc21. The minimum atomic E-state index is -0.255. The predicted octanol–water partition coefficient (Wildman–Crippen LogP) is 2.64. The van der Waals surface area contributed by atoms with Crippen LogP contribution in [0.2, 0.25) is 0 Å². The molecule has 1 aliphatic heterocycles. The standard InChI is InChI=1S/C16H15FN4/c17-12-4-1-2-6-14(12)21-15(11-7-9-18-10-11)20-13-5-3-8-19-16(13)21/h1-6,8,11,18H,7,9-10H2. The number of hydrogen-bond acceptors (Lipinski definition) is 3. The molecule has 21 heavy (non-hydrogen) atoms. The first-order valence-corrected chi connectivity index (χ1v) is 7.13. The first kappa shape index (κ1) is 12.5. The molecule has 4 nitrogen and oxygen atoms in total. The smallest absolute Gasteiger partial charge is 0.164 e. The van der Waals surface area contributed by atoms with E-state index in [1.165, 1.54) is 6.07 Å². The summed E-state index contributed by atoms with van der Waals surface area (Å²) in [6.45, 7) is 1.84. The highest BCUT2D eigenvalue weighted by molar-refractivity contribution is 5.74. The summed E-state index contributed by atoms with van der Waals surface area (Å²) in [6.07, 6.45) is 2.73. The molecule has 0 aliphatic carbocycles. The highest BCUT2D eigenvalue weighted by atomic mass is 19.1. The summed E-state index contributed by atoms with van der Waals surface area (Å²) in [5.41, 5.74) is 2.03. The van der Waals surface area contributed by atoms with Crippen molar-refractivity contribution in [1.29, 1.82) is 0 Å². The molecular formula is C16H15FN4. The zero-order valence-electron chi connectivity index (χ0n) is 11.5. The van der Waals surface area contributed by atoms with E-state index in [1.54, 1.807) is 18.3 Å². The summed E-state index contributed by atoms with van der Waals surface area (Å²) in [5.74, 6) is 0.923. The molecule has 0 spiro atoms. The number of pyridine rings is 1. The number of fused-ring (bicyclic) bond motifs is 1. The minimum absolute atomic E-state index is 0.255. The van der Waals surface area contributed by atoms with Gasteiger partial charge in [-0.25, -0.2) is 14.4 Å². The topological polar surface area (TPSA) is 42.7 Å². The zero-order chi connectivity index (χ0) is 14.2. The molecule has 3 heterocycles. The maximum Gasteiger partial charge on any atom is 0.164 e. The number of nitrogens with one attached hydrogen (secondary N) is 1. The van der Waals surface area contributed by atoms with Crippen molar-refractivity contribution in [1.82, 2.24) is 19.9 Å². The van der Waals surface area contributed by atoms with E-state index in [9.17, 15) is 4.39 Å². The van der Waals surface area contributed by atoms with Crippen LogP contribution in [-0.2, 0) is 0 Å². The largest absolute Gasteiger partial charge is 0.316 e. The number of imidazole rings is 1. The van der Waals surface area contributed by atoms with E-state index in [-0.39, 0.29) is 5.82 Å². The molecule has 2 aromatic heterocycles. The highest BCUT2D eigenvalue weighted by Crippen LogP contribution is 2.29. The average Bonchev–Trinajstić information content (AvgIpc) is 3.15. The lowest BCUT2D eigenvalue weighted by Crippen LogP contribution is -2.12. The van der Waals surface area contributed by atoms with Gasteiger partial charge in [-0.2, -0.15) is 0 Å². The highest BCUT2D eigenvalue weighted by Gasteiger charge is 2.25. The summed E-state index contributed by atoms with van der Waals surface area (Å²) in [6, 6.07) is 10.6. The second-order valence-electron chi connectivity index (χ2n) is 5.29. The number of halogens is 1. The summed E-state index contributed by atoms with van der Waals surface area (Å²) in [5, 5.41) is 3.34. The fourth-order valence-electron chi connectivity index (χ4n) is 2.95. The monoisotopic (exact) mass is 282 g/mol. The van der Waals surface area contributed by atoms with Gasteiger partial charge in [0, 0.05) is 18.7 Å². The Morgan fingerprint density at radius 2 is 2.10 bits per heavy atom. The third-order valence-corrected chi connectivity index (χ3v) is 3.96. The Morgan fingerprint density at radius 1 is 1.19 bits per heavy atom. The second kappa shape index (κ2) is 4.93. The quantitative estimate of drug-likeness (QED) is 0.785. The van der Waals surface area contributed by atoms with E-state index < -0.39 is 0 Å². The molecule has 0 radical (unpaired) electrons. The van der Waals surface area contributed by atoms with Crippen LogP contribution < -0.4 is 5.32 Å². The lowest BCUT2D eigenvalue weighted by molar-refractivity contribution is 0.609. The van der Waals surface area contributed by atoms with E-state index >= 15 is 0 Å². The van der Waals surface area contributed by atoms with Gasteiger partial charge < -0.3 is 5.32 Å². The molecular weight excluding hydrogens is 267 g/mol. The van der Waals surface area contributed by atoms with Crippen LogP contribution in [0.1, 0.15) is 18.2 Å². The van der Waals surface area contributed by atoms with Gasteiger partial charge in [0.2, 0.25) is 0 Å². The minimum Gasteiger partial charge on any atom is -0.316 e. The molecule has 0 saturated carbocycles. The molecule has 1 atom stereocenters. The molecule has 1 aliphatic rings. The van der Waals surface area contributed by atoms with Crippen molar-refractivity contribution >= 4 is 11.2 Å². The molecule has 4 rings (SSSR count). The molecule has 1 N–H and O–H groups in total. The van der Waals surface area contributed by atoms with Gasteiger partial charge in [-0.15, -0.1) is 0 Å². The maximum absolute atomic E-state index is 14.3. The predicted molar refractivity (Wildman–Crippen MR) is 79.1 cm³/mol. The molecule has 106 valence electrons. The first-order chi connectivity index (χ1) is 10.3. The zero-order valence-corrected chi connectivity index (χ0v) is 11.5. The number of para-hydroxylation sites is 1. The molecule has 0 bridgehead atoms. The van der Waals surface area contributed by atoms with Crippen LogP contribution in [0, 0.1) is 5.82 Å². The Bertz CT molecular complexity index is 790. The van der Waals surface area contributed by atoms with Gasteiger partial charge in [-0.1, -0.05) is 12.1 Å². The van der Waals surface area contributed by atoms with E-state index in [0.29, 0.717) is 17.3 Å². The summed E-state index contributed by atoms with van der Waals surface area (Å²) in [4.78, 5) is 9.11. The lowest BCUT2D eigenvalue weighted by Gasteiger charge is -2.13. The van der Waals surface area contributed by atoms with Crippen LogP contribution in [0.15, 0.2) is 42.6 Å². The van der Waals surface area contributed by atoms with Crippen molar-refractivity contribution in [3.05, 3.63) is 54.2 Å². The lowest BCUT2D eigenvalue weighted by atomic mass is 10.1. The van der Waals surface area contributed by atoms with Crippen LogP contribution in [-0.4, -0.2) is 27.6 Å². The first-order valence-electron chi connectivity index (χ1n) is 7.13. The molecule has 1 saturated heterocycles. The molecule has 3 aromatic rings. The van der Waals surface area contributed by atoms with Gasteiger partial charge in [0.05, 0.1) is 5.69 Å². The third-order valence-electron chi connectivity index (χ3n) is 3.96. The van der Waals surface area contributed by atoms with Crippen LogP contribution in [0.4, 0.5) is 4.39 Å². The van der Waals surface area contributed by atoms with Gasteiger partial charge in [-0.05, 0) is 37.2 Å². The number of hydrogen-bond donors (Lipinski definition) is 1. The van der Waals surface area contributed by atoms with Crippen molar-refractivity contribution < 1.29 is 4.39 Å². The van der Waals surface area contributed by atoms with Crippen molar-refractivity contribution in [3.8, 4) is 5.69 Å². The van der Waals surface area contributed by atoms with Crippen molar-refractivity contribution in [2.45, 2.75) is 12.3 Å². The van der Waals surface area contributed by atoms with Crippen LogP contribution >= 0.6 is 0 Å². The number of benzene rings is 1. The molecule has 5 heteroatoms. The van der Waals surface area contributed by atoms with Gasteiger partial charge in [-0.3, -0.25) is 4.57 Å². The van der Waals surface area contributed by atoms with Crippen molar-refractivity contribution in [2.24, 2.45) is 0 Å². The van der Waals surface area contributed by atoms with E-state index in [0.717, 1.165) is 30.9 Å². The number of rotatable bonds is 2. The fourth-order valence-corrected chi connectivity index (χ4v) is 2.95. The Labute approximate surface area is 121 Å². The molecule has 1 unspecified atom stereocenters. The van der Waals surface area contributed by atoms with E-state index in [2.05, 4.69) is 10.3 Å². The summed E-state index contributed by atoms with van der Waals surface area (Å²) < 4.78 is 16.1. The maximum atomic E-state index is 14.3. The number of nitrogens with zero attached hydrogens (tertiary/aromatic N) is 3. The fraction of sp³-hybridized carbons (Fsp3) is 0.250. The van der Waals surface area contributed by atoms with Crippen LogP contribution in [0.25, 0.3) is 16.9 Å². The number of aromatic nitrogens is 3. The van der Waals surface area contributed by atoms with Crippen molar-refractivity contribution in [2.75, 3.05) is 13.1 Å². The molecule has 0 amide bonds. The van der Waals surface area contributed by atoms with Gasteiger partial charge >= 0.3 is 0 Å². The Balaban J connectivity index is 2.00. The normalized spacial score (nSPS) is 18.4. The van der Waals surface area contributed by atoms with Gasteiger partial charge in [0.25, 0.3) is 0 Å². The Morgan fingerprint density at radius 3 is 2.90 bits per heavy atom.